The Morgan fingerprint density at radius 2 is 1.64 bits per heavy atom. The second kappa shape index (κ2) is 13.9. The molecule has 2 aromatic rings. The van der Waals surface area contributed by atoms with E-state index in [4.69, 9.17) is 19.3 Å². The van der Waals surface area contributed by atoms with Gasteiger partial charge in [-0.3, -0.25) is 0 Å². The van der Waals surface area contributed by atoms with Gasteiger partial charge in [0.25, 0.3) is 0 Å². The van der Waals surface area contributed by atoms with Crippen molar-refractivity contribution < 1.29 is 19.3 Å². The second-order valence-corrected chi connectivity index (χ2v) is 6.71. The highest BCUT2D eigenvalue weighted by Gasteiger charge is 2.09. The number of hydrogen-bond donors (Lipinski definition) is 1. The molecular formula is C24H32O4. The Balaban J connectivity index is 1.79. The van der Waals surface area contributed by atoms with Crippen molar-refractivity contribution in [2.24, 2.45) is 0 Å². The predicted octanol–water partition coefficient (Wildman–Crippen LogP) is 4.91. The molecule has 4 heteroatoms. The van der Waals surface area contributed by atoms with E-state index in [0.717, 1.165) is 42.6 Å². The first-order valence-electron chi connectivity index (χ1n) is 9.94. The summed E-state index contributed by atoms with van der Waals surface area (Å²) in [6.07, 6.45) is 7.99. The third kappa shape index (κ3) is 9.18. The average molecular weight is 385 g/mol. The second-order valence-electron chi connectivity index (χ2n) is 6.71. The molecule has 0 bridgehead atoms. The zero-order valence-electron chi connectivity index (χ0n) is 16.8. The summed E-state index contributed by atoms with van der Waals surface area (Å²) >= 11 is 0. The number of methoxy groups -OCH3 is 1. The molecule has 28 heavy (non-hydrogen) atoms. The fourth-order valence-electron chi connectivity index (χ4n) is 2.74. The zero-order valence-corrected chi connectivity index (χ0v) is 16.8. The monoisotopic (exact) mass is 384 g/mol. The fraction of sp³-hybridized carbons (Fsp3) is 0.417. The molecule has 4 nitrogen and oxygen atoms in total. The molecule has 0 unspecified atom stereocenters. The Hall–Kier alpha value is -2.14. The highest BCUT2D eigenvalue weighted by Crippen LogP contribution is 2.13. The van der Waals surface area contributed by atoms with Gasteiger partial charge in [0.05, 0.1) is 33.0 Å². The molecule has 0 fully saturated rings. The van der Waals surface area contributed by atoms with Crippen LogP contribution < -0.4 is 4.74 Å². The number of aliphatic hydroxyl groups excluding tert-OH is 1. The van der Waals surface area contributed by atoms with Gasteiger partial charge in [-0.15, -0.1) is 0 Å². The Bertz CT molecular complexity index is 652. The van der Waals surface area contributed by atoms with Gasteiger partial charge in [0.1, 0.15) is 5.75 Å². The lowest BCUT2D eigenvalue weighted by Gasteiger charge is -2.17. The predicted molar refractivity (Wildman–Crippen MR) is 112 cm³/mol. The van der Waals surface area contributed by atoms with E-state index in [9.17, 15) is 0 Å². The lowest BCUT2D eigenvalue weighted by molar-refractivity contribution is -0.0277. The first kappa shape index (κ1) is 22.2. The standard InChI is InChI=1S/C24H32O4/c1-26-23-15-13-22(14-16-23)18-27-20-24(12-8-3-2-4-9-17-25)28-19-21-10-6-5-7-11-21/h3,5-8,10-11,13-16,24-25H,2,4,9,12,17-20H2,1H3/b8-3-/t24-/m1/s1. The van der Waals surface area contributed by atoms with Crippen LogP contribution in [-0.4, -0.2) is 31.5 Å². The van der Waals surface area contributed by atoms with Crippen LogP contribution in [0.4, 0.5) is 0 Å². The van der Waals surface area contributed by atoms with Crippen LogP contribution in [-0.2, 0) is 22.7 Å². The summed E-state index contributed by atoms with van der Waals surface area (Å²) in [5.41, 5.74) is 2.27. The summed E-state index contributed by atoms with van der Waals surface area (Å²) < 4.78 is 17.2. The van der Waals surface area contributed by atoms with Crippen molar-refractivity contribution in [1.82, 2.24) is 0 Å². The van der Waals surface area contributed by atoms with Crippen LogP contribution in [0.25, 0.3) is 0 Å². The summed E-state index contributed by atoms with van der Waals surface area (Å²) in [4.78, 5) is 0. The van der Waals surface area contributed by atoms with Crippen molar-refractivity contribution in [3.05, 3.63) is 77.9 Å². The minimum Gasteiger partial charge on any atom is -0.497 e. The molecule has 1 N–H and O–H groups in total. The Morgan fingerprint density at radius 1 is 0.893 bits per heavy atom. The van der Waals surface area contributed by atoms with Gasteiger partial charge in [-0.05, 0) is 48.9 Å². The summed E-state index contributed by atoms with van der Waals surface area (Å²) in [5, 5.41) is 8.84. The Labute approximate surface area is 168 Å². The molecule has 0 amide bonds. The molecule has 0 saturated heterocycles. The van der Waals surface area contributed by atoms with Gasteiger partial charge < -0.3 is 19.3 Å². The summed E-state index contributed by atoms with van der Waals surface area (Å²) in [6, 6.07) is 18.1. The maximum absolute atomic E-state index is 8.84. The van der Waals surface area contributed by atoms with E-state index in [0.29, 0.717) is 19.8 Å². The molecule has 0 saturated carbocycles. The number of aliphatic hydroxyl groups is 1. The van der Waals surface area contributed by atoms with Crippen LogP contribution in [0.1, 0.15) is 36.8 Å². The molecule has 2 aromatic carbocycles. The fourth-order valence-corrected chi connectivity index (χ4v) is 2.74. The van der Waals surface area contributed by atoms with Gasteiger partial charge in [-0.1, -0.05) is 54.6 Å². The molecule has 0 radical (unpaired) electrons. The number of benzene rings is 2. The SMILES string of the molecule is COc1ccc(COC[C@@H](C/C=C\CCCCO)OCc2ccccc2)cc1. The Morgan fingerprint density at radius 3 is 2.36 bits per heavy atom. The van der Waals surface area contributed by atoms with Crippen molar-refractivity contribution in [3.8, 4) is 5.75 Å². The average Bonchev–Trinajstić information content (AvgIpc) is 2.75. The van der Waals surface area contributed by atoms with Crippen molar-refractivity contribution in [2.45, 2.75) is 45.0 Å². The van der Waals surface area contributed by atoms with E-state index in [1.54, 1.807) is 7.11 Å². The van der Waals surface area contributed by atoms with Crippen LogP contribution in [0.2, 0.25) is 0 Å². The molecule has 0 spiro atoms. The molecule has 0 heterocycles. The van der Waals surface area contributed by atoms with Gasteiger partial charge in [-0.2, -0.15) is 0 Å². The number of ether oxygens (including phenoxy) is 3. The van der Waals surface area contributed by atoms with Crippen LogP contribution in [0.3, 0.4) is 0 Å². The maximum Gasteiger partial charge on any atom is 0.118 e. The molecule has 0 aliphatic carbocycles. The van der Waals surface area contributed by atoms with E-state index in [1.807, 2.05) is 42.5 Å². The lowest BCUT2D eigenvalue weighted by Crippen LogP contribution is -2.19. The maximum atomic E-state index is 8.84. The molecule has 0 aliphatic heterocycles. The number of allylic oxidation sites excluding steroid dienone is 1. The largest absolute Gasteiger partial charge is 0.497 e. The van der Waals surface area contributed by atoms with E-state index in [2.05, 4.69) is 24.3 Å². The minimum atomic E-state index is 0.00699. The quantitative estimate of drug-likeness (QED) is 0.371. The molecule has 2 rings (SSSR count). The lowest BCUT2D eigenvalue weighted by atomic mass is 10.2. The van der Waals surface area contributed by atoms with E-state index in [1.165, 1.54) is 0 Å². The van der Waals surface area contributed by atoms with Crippen molar-refractivity contribution in [2.75, 3.05) is 20.3 Å². The van der Waals surface area contributed by atoms with Crippen molar-refractivity contribution in [3.63, 3.8) is 0 Å². The number of rotatable bonds is 14. The molecule has 0 aliphatic rings. The molecule has 1 atom stereocenters. The van der Waals surface area contributed by atoms with Crippen LogP contribution in [0.5, 0.6) is 5.75 Å². The van der Waals surface area contributed by atoms with Gasteiger partial charge in [-0.25, -0.2) is 0 Å². The highest BCUT2D eigenvalue weighted by molar-refractivity contribution is 5.26. The minimum absolute atomic E-state index is 0.00699. The van der Waals surface area contributed by atoms with E-state index >= 15 is 0 Å². The van der Waals surface area contributed by atoms with Gasteiger partial charge in [0, 0.05) is 6.61 Å². The van der Waals surface area contributed by atoms with Gasteiger partial charge in [0.15, 0.2) is 0 Å². The third-order valence-electron chi connectivity index (χ3n) is 4.40. The van der Waals surface area contributed by atoms with Crippen LogP contribution in [0, 0.1) is 0 Å². The summed E-state index contributed by atoms with van der Waals surface area (Å²) in [6.45, 7) is 1.93. The molecule has 152 valence electrons. The van der Waals surface area contributed by atoms with E-state index < -0.39 is 0 Å². The first-order chi connectivity index (χ1) is 13.8. The highest BCUT2D eigenvalue weighted by atomic mass is 16.5. The summed E-state index contributed by atoms with van der Waals surface area (Å²) in [5.74, 6) is 0.846. The van der Waals surface area contributed by atoms with Crippen LogP contribution in [0.15, 0.2) is 66.7 Å². The van der Waals surface area contributed by atoms with Crippen molar-refractivity contribution >= 4 is 0 Å². The number of hydrogen-bond acceptors (Lipinski definition) is 4. The number of unbranched alkanes of at least 4 members (excludes halogenated alkanes) is 2. The third-order valence-corrected chi connectivity index (χ3v) is 4.40. The van der Waals surface area contributed by atoms with Crippen LogP contribution >= 0.6 is 0 Å². The first-order valence-corrected chi connectivity index (χ1v) is 9.94. The van der Waals surface area contributed by atoms with E-state index in [-0.39, 0.29) is 12.7 Å². The van der Waals surface area contributed by atoms with Gasteiger partial charge in [0.2, 0.25) is 0 Å². The summed E-state index contributed by atoms with van der Waals surface area (Å²) in [7, 11) is 1.66. The Kier molecular flexibility index (Phi) is 11.0. The van der Waals surface area contributed by atoms with Gasteiger partial charge >= 0.3 is 0 Å². The normalized spacial score (nSPS) is 12.4. The topological polar surface area (TPSA) is 47.9 Å². The van der Waals surface area contributed by atoms with Crippen molar-refractivity contribution in [1.29, 1.82) is 0 Å². The molecular weight excluding hydrogens is 352 g/mol. The molecule has 0 aromatic heterocycles. The zero-order chi connectivity index (χ0) is 19.9. The smallest absolute Gasteiger partial charge is 0.118 e.